The van der Waals surface area contributed by atoms with Crippen LogP contribution in [0.3, 0.4) is 0 Å². The minimum atomic E-state index is -3.58. The molecule has 1 amide bonds. The number of amides is 1. The number of nitrogens with zero attached hydrogens (tertiary/aromatic N) is 1. The molecular formula is C16H21BrN2O4S. The lowest BCUT2D eigenvalue weighted by atomic mass is 10.1. The van der Waals surface area contributed by atoms with Crippen LogP contribution in [0, 0.1) is 5.92 Å². The molecule has 0 spiro atoms. The van der Waals surface area contributed by atoms with E-state index in [0.717, 1.165) is 12.8 Å². The number of sulfonamides is 1. The van der Waals surface area contributed by atoms with Crippen molar-refractivity contribution in [2.75, 3.05) is 26.3 Å². The molecule has 1 N–H and O–H groups in total. The van der Waals surface area contributed by atoms with Crippen molar-refractivity contribution >= 4 is 31.9 Å². The van der Waals surface area contributed by atoms with Crippen molar-refractivity contribution in [3.63, 3.8) is 0 Å². The molecule has 0 bridgehead atoms. The van der Waals surface area contributed by atoms with Crippen LogP contribution in [0.25, 0.3) is 0 Å². The first kappa shape index (κ1) is 17.8. The monoisotopic (exact) mass is 416 g/mol. The molecule has 0 saturated carbocycles. The van der Waals surface area contributed by atoms with Crippen molar-refractivity contribution in [1.82, 2.24) is 9.62 Å². The molecule has 2 fully saturated rings. The molecule has 1 unspecified atom stereocenters. The van der Waals surface area contributed by atoms with E-state index in [9.17, 15) is 13.2 Å². The van der Waals surface area contributed by atoms with E-state index in [0.29, 0.717) is 30.7 Å². The Morgan fingerprint density at radius 3 is 2.62 bits per heavy atom. The highest BCUT2D eigenvalue weighted by Gasteiger charge is 2.37. The second kappa shape index (κ2) is 7.51. The summed E-state index contributed by atoms with van der Waals surface area (Å²) in [7, 11) is -3.58. The number of halogens is 1. The van der Waals surface area contributed by atoms with Crippen molar-refractivity contribution in [2.24, 2.45) is 5.92 Å². The van der Waals surface area contributed by atoms with E-state index < -0.39 is 10.0 Å². The van der Waals surface area contributed by atoms with E-state index in [4.69, 9.17) is 4.74 Å². The first-order valence-electron chi connectivity index (χ1n) is 8.11. The first-order chi connectivity index (χ1) is 11.5. The van der Waals surface area contributed by atoms with E-state index in [1.165, 1.54) is 4.31 Å². The van der Waals surface area contributed by atoms with Gasteiger partial charge in [0, 0.05) is 36.8 Å². The van der Waals surface area contributed by atoms with Gasteiger partial charge in [0.15, 0.2) is 0 Å². The van der Waals surface area contributed by atoms with Crippen LogP contribution in [-0.4, -0.2) is 51.0 Å². The number of rotatable bonds is 4. The van der Waals surface area contributed by atoms with E-state index in [1.54, 1.807) is 24.3 Å². The molecule has 2 aliphatic rings. The van der Waals surface area contributed by atoms with Crippen LogP contribution in [0.4, 0.5) is 0 Å². The Morgan fingerprint density at radius 2 is 1.92 bits per heavy atom. The fraction of sp³-hybridized carbons (Fsp3) is 0.562. The fourth-order valence-corrected chi connectivity index (χ4v) is 5.58. The SMILES string of the molecule is O=C(NC1CCOCC1)C1CCN(S(=O)(=O)c2ccccc2Br)C1. The van der Waals surface area contributed by atoms with Crippen molar-refractivity contribution in [3.8, 4) is 0 Å². The van der Waals surface area contributed by atoms with Crippen LogP contribution in [-0.2, 0) is 19.6 Å². The first-order valence-corrected chi connectivity index (χ1v) is 10.3. The predicted octanol–water partition coefficient (Wildman–Crippen LogP) is 1.75. The average Bonchev–Trinajstić information content (AvgIpc) is 3.07. The van der Waals surface area contributed by atoms with Crippen LogP contribution in [0.2, 0.25) is 0 Å². The summed E-state index contributed by atoms with van der Waals surface area (Å²) in [6, 6.07) is 6.90. The second-order valence-corrected chi connectivity index (χ2v) is 8.94. The summed E-state index contributed by atoms with van der Waals surface area (Å²) >= 11 is 3.29. The van der Waals surface area contributed by atoms with Crippen molar-refractivity contribution in [2.45, 2.75) is 30.2 Å². The number of benzene rings is 1. The molecule has 2 saturated heterocycles. The number of nitrogens with one attached hydrogen (secondary N) is 1. The molecule has 24 heavy (non-hydrogen) atoms. The average molecular weight is 417 g/mol. The van der Waals surface area contributed by atoms with Gasteiger partial charge < -0.3 is 10.1 Å². The van der Waals surface area contributed by atoms with Gasteiger partial charge in [-0.05, 0) is 47.3 Å². The summed E-state index contributed by atoms with van der Waals surface area (Å²) < 4.78 is 32.8. The molecule has 3 rings (SSSR count). The van der Waals surface area contributed by atoms with E-state index in [2.05, 4.69) is 21.2 Å². The topological polar surface area (TPSA) is 75.7 Å². The minimum Gasteiger partial charge on any atom is -0.381 e. The Balaban J connectivity index is 1.64. The number of ether oxygens (including phenoxy) is 1. The Morgan fingerprint density at radius 1 is 1.21 bits per heavy atom. The highest BCUT2D eigenvalue weighted by molar-refractivity contribution is 9.10. The van der Waals surface area contributed by atoms with E-state index >= 15 is 0 Å². The molecule has 0 aromatic heterocycles. The molecule has 1 aromatic rings. The highest BCUT2D eigenvalue weighted by Crippen LogP contribution is 2.29. The molecule has 0 radical (unpaired) electrons. The van der Waals surface area contributed by atoms with Crippen molar-refractivity contribution in [1.29, 1.82) is 0 Å². The molecular weight excluding hydrogens is 396 g/mol. The van der Waals surface area contributed by atoms with Crippen LogP contribution >= 0.6 is 15.9 Å². The Hall–Kier alpha value is -0.960. The van der Waals surface area contributed by atoms with Gasteiger partial charge in [0.25, 0.3) is 0 Å². The van der Waals surface area contributed by atoms with Crippen molar-refractivity contribution < 1.29 is 17.9 Å². The smallest absolute Gasteiger partial charge is 0.244 e. The molecule has 6 nitrogen and oxygen atoms in total. The molecule has 132 valence electrons. The maximum atomic E-state index is 12.8. The summed E-state index contributed by atoms with van der Waals surface area (Å²) in [4.78, 5) is 12.7. The lowest BCUT2D eigenvalue weighted by Crippen LogP contribution is -2.42. The summed E-state index contributed by atoms with van der Waals surface area (Å²) in [5, 5.41) is 3.03. The third-order valence-corrected chi connectivity index (χ3v) is 7.42. The van der Waals surface area contributed by atoms with Gasteiger partial charge in [-0.3, -0.25) is 4.79 Å². The van der Waals surface area contributed by atoms with Crippen LogP contribution in [0.15, 0.2) is 33.6 Å². The van der Waals surface area contributed by atoms with Gasteiger partial charge in [0.2, 0.25) is 15.9 Å². The normalized spacial score (nSPS) is 23.3. The molecule has 0 aliphatic carbocycles. The van der Waals surface area contributed by atoms with Gasteiger partial charge in [-0.15, -0.1) is 0 Å². The third kappa shape index (κ3) is 3.82. The van der Waals surface area contributed by atoms with Gasteiger partial charge in [-0.25, -0.2) is 8.42 Å². The zero-order valence-electron chi connectivity index (χ0n) is 13.3. The zero-order chi connectivity index (χ0) is 17.2. The predicted molar refractivity (Wildman–Crippen MR) is 93.0 cm³/mol. The van der Waals surface area contributed by atoms with Crippen LogP contribution in [0.1, 0.15) is 19.3 Å². The van der Waals surface area contributed by atoms with Gasteiger partial charge in [-0.2, -0.15) is 4.31 Å². The molecule has 2 aliphatic heterocycles. The fourth-order valence-electron chi connectivity index (χ4n) is 3.11. The number of carbonyl (C=O) groups is 1. The molecule has 2 heterocycles. The summed E-state index contributed by atoms with van der Waals surface area (Å²) in [6.07, 6.45) is 2.19. The van der Waals surface area contributed by atoms with Crippen molar-refractivity contribution in [3.05, 3.63) is 28.7 Å². The maximum Gasteiger partial charge on any atom is 0.244 e. The quantitative estimate of drug-likeness (QED) is 0.810. The van der Waals surface area contributed by atoms with Gasteiger partial charge in [-0.1, -0.05) is 12.1 Å². The number of hydrogen-bond donors (Lipinski definition) is 1. The van der Waals surface area contributed by atoms with Crippen LogP contribution in [0.5, 0.6) is 0 Å². The Labute approximate surface area is 150 Å². The second-order valence-electron chi connectivity index (χ2n) is 6.17. The minimum absolute atomic E-state index is 0.0493. The standard InChI is InChI=1S/C16H21BrN2O4S/c17-14-3-1-2-4-15(14)24(21,22)19-8-5-12(11-19)16(20)18-13-6-9-23-10-7-13/h1-4,12-13H,5-11H2,(H,18,20). The Bertz CT molecular complexity index is 704. The largest absolute Gasteiger partial charge is 0.381 e. The summed E-state index contributed by atoms with van der Waals surface area (Å²) in [5.41, 5.74) is 0. The zero-order valence-corrected chi connectivity index (χ0v) is 15.7. The summed E-state index contributed by atoms with van der Waals surface area (Å²) in [6.45, 7) is 1.94. The highest BCUT2D eigenvalue weighted by atomic mass is 79.9. The summed E-state index contributed by atoms with van der Waals surface area (Å²) in [5.74, 6) is -0.336. The maximum absolute atomic E-state index is 12.8. The number of hydrogen-bond acceptors (Lipinski definition) is 4. The third-order valence-electron chi connectivity index (χ3n) is 4.54. The molecule has 1 aromatic carbocycles. The lowest BCUT2D eigenvalue weighted by molar-refractivity contribution is -0.125. The molecule has 8 heteroatoms. The van der Waals surface area contributed by atoms with E-state index in [1.807, 2.05) is 0 Å². The van der Waals surface area contributed by atoms with Crippen LogP contribution < -0.4 is 5.32 Å². The lowest BCUT2D eigenvalue weighted by Gasteiger charge is -2.24. The van der Waals surface area contributed by atoms with E-state index in [-0.39, 0.29) is 29.3 Å². The number of carbonyl (C=O) groups excluding carboxylic acids is 1. The Kier molecular flexibility index (Phi) is 5.59. The van der Waals surface area contributed by atoms with Gasteiger partial charge in [0.05, 0.1) is 10.8 Å². The van der Waals surface area contributed by atoms with Gasteiger partial charge >= 0.3 is 0 Å². The van der Waals surface area contributed by atoms with Gasteiger partial charge in [0.1, 0.15) is 0 Å². The molecule has 1 atom stereocenters.